The molecule has 19 heavy (non-hydrogen) atoms. The molecular weight excluding hydrogens is 240 g/mol. The van der Waals surface area contributed by atoms with Crippen LogP contribution in [0.25, 0.3) is 0 Å². The molecule has 0 radical (unpaired) electrons. The molecule has 1 unspecified atom stereocenters. The predicted octanol–water partition coefficient (Wildman–Crippen LogP) is 2.36. The Hall–Kier alpha value is -0.610. The average molecular weight is 270 g/mol. The van der Waals surface area contributed by atoms with Crippen LogP contribution in [0, 0.1) is 0 Å². The third-order valence-electron chi connectivity index (χ3n) is 4.26. The van der Waals surface area contributed by atoms with Gasteiger partial charge in [-0.3, -0.25) is 4.79 Å². The van der Waals surface area contributed by atoms with Gasteiger partial charge in [0.2, 0.25) is 5.91 Å². The summed E-state index contributed by atoms with van der Waals surface area (Å²) in [6, 6.07) is 0.249. The fourth-order valence-electron chi connectivity index (χ4n) is 2.81. The number of rotatable bonds is 7. The summed E-state index contributed by atoms with van der Waals surface area (Å²) in [5.74, 6) is -0.00732. The molecule has 0 aromatic heterocycles. The number of hydrogen-bond acceptors (Lipinski definition) is 3. The maximum atomic E-state index is 12.1. The van der Waals surface area contributed by atoms with Crippen LogP contribution in [-0.2, 0) is 9.53 Å². The first-order valence-electron chi connectivity index (χ1n) is 7.75. The number of carbonyl (C=O) groups is 1. The van der Waals surface area contributed by atoms with Crippen molar-refractivity contribution in [2.45, 2.75) is 83.5 Å². The van der Waals surface area contributed by atoms with Gasteiger partial charge in [-0.05, 0) is 32.6 Å². The van der Waals surface area contributed by atoms with Crippen molar-refractivity contribution in [1.82, 2.24) is 5.32 Å². The zero-order valence-corrected chi connectivity index (χ0v) is 12.7. The van der Waals surface area contributed by atoms with Gasteiger partial charge in [-0.2, -0.15) is 0 Å². The Morgan fingerprint density at radius 3 is 2.32 bits per heavy atom. The van der Waals surface area contributed by atoms with E-state index in [1.54, 1.807) is 0 Å². The maximum absolute atomic E-state index is 12.1. The highest BCUT2D eigenvalue weighted by molar-refractivity contribution is 5.80. The summed E-state index contributed by atoms with van der Waals surface area (Å²) in [5.41, 5.74) is 5.61. The lowest BCUT2D eigenvalue weighted by Crippen LogP contribution is -2.49. The van der Waals surface area contributed by atoms with Crippen molar-refractivity contribution < 1.29 is 9.53 Å². The number of nitrogens with one attached hydrogen (secondary N) is 1. The first-order chi connectivity index (χ1) is 9.06. The van der Waals surface area contributed by atoms with Crippen LogP contribution >= 0.6 is 0 Å². The van der Waals surface area contributed by atoms with Crippen molar-refractivity contribution >= 4 is 5.91 Å². The van der Waals surface area contributed by atoms with Crippen molar-refractivity contribution in [1.29, 1.82) is 0 Å². The molecule has 1 fully saturated rings. The number of nitrogens with two attached hydrogens (primary N) is 1. The van der Waals surface area contributed by atoms with Crippen LogP contribution < -0.4 is 11.1 Å². The summed E-state index contributed by atoms with van der Waals surface area (Å²) in [6.45, 7) is 6.52. The molecule has 0 spiro atoms. The van der Waals surface area contributed by atoms with E-state index in [0.717, 1.165) is 38.5 Å². The van der Waals surface area contributed by atoms with Crippen LogP contribution in [0.5, 0.6) is 0 Å². The van der Waals surface area contributed by atoms with Gasteiger partial charge in [0, 0.05) is 12.6 Å². The van der Waals surface area contributed by atoms with Crippen LogP contribution in [0.15, 0.2) is 0 Å². The fourth-order valence-corrected chi connectivity index (χ4v) is 2.81. The Morgan fingerprint density at radius 1 is 1.26 bits per heavy atom. The number of ether oxygens (including phenoxy) is 1. The molecule has 1 rings (SSSR count). The summed E-state index contributed by atoms with van der Waals surface area (Å²) in [6.07, 6.45) is 7.00. The summed E-state index contributed by atoms with van der Waals surface area (Å²) in [7, 11) is 0. The zero-order valence-electron chi connectivity index (χ0n) is 12.7. The molecule has 0 aromatic rings. The highest BCUT2D eigenvalue weighted by Crippen LogP contribution is 2.31. The van der Waals surface area contributed by atoms with E-state index in [-0.39, 0.29) is 17.6 Å². The minimum atomic E-state index is -0.415. The van der Waals surface area contributed by atoms with E-state index in [1.807, 2.05) is 6.92 Å². The molecule has 0 aliphatic heterocycles. The smallest absolute Gasteiger partial charge is 0.249 e. The molecule has 1 aliphatic rings. The molecule has 4 heteroatoms. The van der Waals surface area contributed by atoms with Gasteiger partial charge in [0.15, 0.2) is 0 Å². The van der Waals surface area contributed by atoms with Crippen LogP contribution in [0.3, 0.4) is 0 Å². The lowest BCUT2D eigenvalue weighted by atomic mass is 9.84. The number of hydrogen-bond donors (Lipinski definition) is 2. The van der Waals surface area contributed by atoms with E-state index < -0.39 is 6.10 Å². The first kappa shape index (κ1) is 16.4. The normalized spacial score (nSPS) is 20.3. The highest BCUT2D eigenvalue weighted by Gasteiger charge is 2.35. The molecule has 1 atom stereocenters. The summed E-state index contributed by atoms with van der Waals surface area (Å²) in [4.78, 5) is 12.1. The van der Waals surface area contributed by atoms with E-state index in [4.69, 9.17) is 10.5 Å². The molecule has 1 aliphatic carbocycles. The van der Waals surface area contributed by atoms with E-state index >= 15 is 0 Å². The second-order valence-corrected chi connectivity index (χ2v) is 5.73. The molecule has 0 heterocycles. The van der Waals surface area contributed by atoms with E-state index in [0.29, 0.717) is 6.54 Å². The molecule has 4 nitrogen and oxygen atoms in total. The van der Waals surface area contributed by atoms with Crippen LogP contribution in [0.4, 0.5) is 0 Å². The highest BCUT2D eigenvalue weighted by atomic mass is 16.5. The van der Waals surface area contributed by atoms with Crippen molar-refractivity contribution in [2.24, 2.45) is 5.73 Å². The monoisotopic (exact) mass is 270 g/mol. The summed E-state index contributed by atoms with van der Waals surface area (Å²) < 4.78 is 6.04. The quantitative estimate of drug-likeness (QED) is 0.746. The number of carbonyl (C=O) groups excluding carboxylic acids is 1. The minimum Gasteiger partial charge on any atom is -0.361 e. The lowest BCUT2D eigenvalue weighted by Gasteiger charge is -2.38. The second-order valence-electron chi connectivity index (χ2n) is 5.73. The van der Waals surface area contributed by atoms with Crippen molar-refractivity contribution in [3.8, 4) is 0 Å². The third kappa shape index (κ3) is 4.77. The zero-order chi connectivity index (χ0) is 14.3. The topological polar surface area (TPSA) is 64.3 Å². The Bertz CT molecular complexity index is 271. The summed E-state index contributed by atoms with van der Waals surface area (Å²) in [5, 5.41) is 3.04. The maximum Gasteiger partial charge on any atom is 0.249 e. The first-order valence-corrected chi connectivity index (χ1v) is 7.75. The van der Waals surface area contributed by atoms with Crippen molar-refractivity contribution in [2.75, 3.05) is 6.54 Å². The van der Waals surface area contributed by atoms with Crippen LogP contribution in [-0.4, -0.2) is 30.2 Å². The molecule has 1 saturated carbocycles. The molecule has 0 bridgehead atoms. The van der Waals surface area contributed by atoms with E-state index in [1.165, 1.54) is 6.42 Å². The van der Waals surface area contributed by atoms with E-state index in [9.17, 15) is 4.79 Å². The van der Waals surface area contributed by atoms with Crippen molar-refractivity contribution in [3.05, 3.63) is 0 Å². The van der Waals surface area contributed by atoms with Crippen LogP contribution in [0.2, 0.25) is 0 Å². The average Bonchev–Trinajstić information content (AvgIpc) is 2.45. The standard InChI is InChI=1S/C15H30N2O2/c1-4-13(5-2)17-14(18)12(3)19-15(11-16)9-7-6-8-10-15/h12-13H,4-11,16H2,1-3H3,(H,17,18). The molecule has 0 aromatic carbocycles. The lowest BCUT2D eigenvalue weighted by molar-refractivity contribution is -0.149. The Labute approximate surface area is 117 Å². The molecule has 112 valence electrons. The van der Waals surface area contributed by atoms with E-state index in [2.05, 4.69) is 19.2 Å². The van der Waals surface area contributed by atoms with Gasteiger partial charge in [-0.1, -0.05) is 33.1 Å². The molecule has 1 amide bonds. The molecular formula is C15H30N2O2. The predicted molar refractivity (Wildman–Crippen MR) is 77.9 cm³/mol. The molecule has 0 saturated heterocycles. The summed E-state index contributed by atoms with van der Waals surface area (Å²) >= 11 is 0. The van der Waals surface area contributed by atoms with Gasteiger partial charge in [0.1, 0.15) is 6.10 Å². The SMILES string of the molecule is CCC(CC)NC(=O)C(C)OC1(CN)CCCCC1. The van der Waals surface area contributed by atoms with Gasteiger partial charge < -0.3 is 15.8 Å². The van der Waals surface area contributed by atoms with Crippen molar-refractivity contribution in [3.63, 3.8) is 0 Å². The van der Waals surface area contributed by atoms with Gasteiger partial charge in [-0.15, -0.1) is 0 Å². The number of amides is 1. The third-order valence-corrected chi connectivity index (χ3v) is 4.26. The minimum absolute atomic E-state index is 0.00732. The van der Waals surface area contributed by atoms with Gasteiger partial charge >= 0.3 is 0 Å². The van der Waals surface area contributed by atoms with Gasteiger partial charge in [0.05, 0.1) is 5.60 Å². The Kier molecular flexibility index (Phi) is 6.80. The van der Waals surface area contributed by atoms with Gasteiger partial charge in [-0.25, -0.2) is 0 Å². The fraction of sp³-hybridized carbons (Fsp3) is 0.933. The van der Waals surface area contributed by atoms with Gasteiger partial charge in [0.25, 0.3) is 0 Å². The molecule has 3 N–H and O–H groups in total. The Morgan fingerprint density at radius 2 is 1.84 bits per heavy atom. The largest absolute Gasteiger partial charge is 0.361 e. The second kappa shape index (κ2) is 7.85. The Balaban J connectivity index is 2.51. The van der Waals surface area contributed by atoms with Crippen LogP contribution in [0.1, 0.15) is 65.7 Å².